The number of anilines is 1. The molecule has 106 valence electrons. The van der Waals surface area contributed by atoms with Crippen molar-refractivity contribution >= 4 is 11.6 Å². The highest BCUT2D eigenvalue weighted by Gasteiger charge is 2.13. The van der Waals surface area contributed by atoms with Gasteiger partial charge in [-0.3, -0.25) is 4.79 Å². The zero-order valence-corrected chi connectivity index (χ0v) is 11.9. The van der Waals surface area contributed by atoms with Crippen LogP contribution >= 0.6 is 0 Å². The Morgan fingerprint density at radius 3 is 2.16 bits per heavy atom. The van der Waals surface area contributed by atoms with Gasteiger partial charge in [-0.15, -0.1) is 0 Å². The van der Waals surface area contributed by atoms with Crippen molar-refractivity contribution in [2.24, 2.45) is 11.7 Å². The van der Waals surface area contributed by atoms with Crippen LogP contribution in [-0.2, 0) is 4.79 Å². The molecule has 1 aromatic carbocycles. The van der Waals surface area contributed by atoms with Gasteiger partial charge in [-0.25, -0.2) is 0 Å². The van der Waals surface area contributed by atoms with Crippen molar-refractivity contribution in [1.29, 1.82) is 0 Å². The third-order valence-electron chi connectivity index (χ3n) is 2.91. The lowest BCUT2D eigenvalue weighted by Crippen LogP contribution is -2.31. The van der Waals surface area contributed by atoms with Crippen LogP contribution in [0.4, 0.5) is 5.69 Å². The summed E-state index contributed by atoms with van der Waals surface area (Å²) in [5.74, 6) is 1.41. The van der Waals surface area contributed by atoms with E-state index in [2.05, 4.69) is 5.32 Å². The molecule has 0 spiro atoms. The first-order valence-corrected chi connectivity index (χ1v) is 6.24. The van der Waals surface area contributed by atoms with E-state index in [1.807, 2.05) is 13.8 Å². The van der Waals surface area contributed by atoms with Gasteiger partial charge in [0.05, 0.1) is 14.2 Å². The Hall–Kier alpha value is -1.75. The van der Waals surface area contributed by atoms with Gasteiger partial charge in [-0.05, 0) is 5.92 Å². The monoisotopic (exact) mass is 266 g/mol. The van der Waals surface area contributed by atoms with Crippen LogP contribution in [0.5, 0.6) is 11.5 Å². The number of amides is 1. The first-order chi connectivity index (χ1) is 8.96. The molecule has 0 aromatic heterocycles. The summed E-state index contributed by atoms with van der Waals surface area (Å²) in [5.41, 5.74) is 6.51. The minimum atomic E-state index is -0.146. The highest BCUT2D eigenvalue weighted by molar-refractivity contribution is 5.91. The summed E-state index contributed by atoms with van der Waals surface area (Å²) in [7, 11) is 3.13. The van der Waals surface area contributed by atoms with Crippen LogP contribution in [0.1, 0.15) is 20.3 Å². The van der Waals surface area contributed by atoms with E-state index < -0.39 is 0 Å². The Kier molecular flexibility index (Phi) is 5.63. The molecule has 0 bridgehead atoms. The van der Waals surface area contributed by atoms with E-state index in [0.717, 1.165) is 0 Å². The molecule has 5 nitrogen and oxygen atoms in total. The fourth-order valence-electron chi connectivity index (χ4n) is 1.54. The minimum absolute atomic E-state index is 0.114. The van der Waals surface area contributed by atoms with Crippen molar-refractivity contribution in [2.45, 2.75) is 26.3 Å². The number of nitrogens with two attached hydrogens (primary N) is 1. The highest BCUT2D eigenvalue weighted by atomic mass is 16.5. The number of hydrogen-bond acceptors (Lipinski definition) is 4. The molecule has 5 heteroatoms. The standard InChI is InChI=1S/C14H22N2O3/c1-9(2)13(15)8-14(17)16-10-5-11(18-3)7-12(6-10)19-4/h5-7,9,13H,8,15H2,1-4H3,(H,16,17). The molecule has 0 aliphatic heterocycles. The summed E-state index contributed by atoms with van der Waals surface area (Å²) in [4.78, 5) is 11.9. The van der Waals surface area contributed by atoms with Crippen molar-refractivity contribution in [1.82, 2.24) is 0 Å². The van der Waals surface area contributed by atoms with E-state index in [0.29, 0.717) is 17.2 Å². The molecule has 1 atom stereocenters. The van der Waals surface area contributed by atoms with Crippen molar-refractivity contribution < 1.29 is 14.3 Å². The minimum Gasteiger partial charge on any atom is -0.497 e. The zero-order valence-electron chi connectivity index (χ0n) is 11.9. The second kappa shape index (κ2) is 6.99. The topological polar surface area (TPSA) is 73.6 Å². The van der Waals surface area contributed by atoms with Gasteiger partial charge in [0.15, 0.2) is 0 Å². The van der Waals surface area contributed by atoms with Gasteiger partial charge in [0.1, 0.15) is 11.5 Å². The Morgan fingerprint density at radius 2 is 1.74 bits per heavy atom. The second-order valence-electron chi connectivity index (χ2n) is 4.76. The molecule has 0 saturated carbocycles. The van der Waals surface area contributed by atoms with Crippen LogP contribution in [0.3, 0.4) is 0 Å². The predicted molar refractivity (Wildman–Crippen MR) is 75.6 cm³/mol. The van der Waals surface area contributed by atoms with Crippen LogP contribution in [0, 0.1) is 5.92 Å². The fraction of sp³-hybridized carbons (Fsp3) is 0.500. The van der Waals surface area contributed by atoms with Crippen molar-refractivity contribution in [2.75, 3.05) is 19.5 Å². The lowest BCUT2D eigenvalue weighted by Gasteiger charge is -2.15. The predicted octanol–water partition coefficient (Wildman–Crippen LogP) is 2.02. The highest BCUT2D eigenvalue weighted by Crippen LogP contribution is 2.25. The van der Waals surface area contributed by atoms with Gasteiger partial charge >= 0.3 is 0 Å². The molecule has 0 fully saturated rings. The normalized spacial score (nSPS) is 12.1. The smallest absolute Gasteiger partial charge is 0.225 e. The quantitative estimate of drug-likeness (QED) is 0.826. The van der Waals surface area contributed by atoms with Gasteiger partial charge < -0.3 is 20.5 Å². The molecule has 0 aliphatic rings. The van der Waals surface area contributed by atoms with E-state index >= 15 is 0 Å². The first-order valence-electron chi connectivity index (χ1n) is 6.24. The number of rotatable bonds is 6. The molecule has 0 saturated heterocycles. The summed E-state index contributed by atoms with van der Waals surface area (Å²) >= 11 is 0. The van der Waals surface area contributed by atoms with Gasteiger partial charge in [0.2, 0.25) is 5.91 Å². The maximum atomic E-state index is 11.9. The molecule has 1 rings (SSSR count). The van der Waals surface area contributed by atoms with E-state index in [-0.39, 0.29) is 24.3 Å². The van der Waals surface area contributed by atoms with Crippen molar-refractivity contribution in [3.63, 3.8) is 0 Å². The Balaban J connectivity index is 2.73. The van der Waals surface area contributed by atoms with E-state index in [1.54, 1.807) is 32.4 Å². The molecule has 0 aliphatic carbocycles. The Bertz CT molecular complexity index is 410. The molecular weight excluding hydrogens is 244 g/mol. The molecule has 1 unspecified atom stereocenters. The average Bonchev–Trinajstić information content (AvgIpc) is 2.37. The third kappa shape index (κ3) is 4.79. The van der Waals surface area contributed by atoms with E-state index in [1.165, 1.54) is 0 Å². The lowest BCUT2D eigenvalue weighted by molar-refractivity contribution is -0.116. The van der Waals surface area contributed by atoms with Gasteiger partial charge in [0, 0.05) is 36.3 Å². The van der Waals surface area contributed by atoms with Gasteiger partial charge in [-0.1, -0.05) is 13.8 Å². The number of carbonyl (C=O) groups is 1. The molecule has 0 heterocycles. The fourth-order valence-corrected chi connectivity index (χ4v) is 1.54. The number of carbonyl (C=O) groups excluding carboxylic acids is 1. The Morgan fingerprint density at radius 1 is 1.21 bits per heavy atom. The maximum Gasteiger partial charge on any atom is 0.225 e. The summed E-state index contributed by atoms with van der Waals surface area (Å²) in [6.07, 6.45) is 0.289. The average molecular weight is 266 g/mol. The number of ether oxygens (including phenoxy) is 2. The second-order valence-corrected chi connectivity index (χ2v) is 4.76. The molecule has 0 radical (unpaired) electrons. The van der Waals surface area contributed by atoms with Gasteiger partial charge in [-0.2, -0.15) is 0 Å². The van der Waals surface area contributed by atoms with Crippen LogP contribution in [0.15, 0.2) is 18.2 Å². The zero-order chi connectivity index (χ0) is 14.4. The lowest BCUT2D eigenvalue weighted by atomic mass is 10.0. The number of nitrogens with one attached hydrogen (secondary N) is 1. The first kappa shape index (κ1) is 15.3. The Labute approximate surface area is 114 Å². The maximum absolute atomic E-state index is 11.9. The largest absolute Gasteiger partial charge is 0.497 e. The summed E-state index contributed by atoms with van der Waals surface area (Å²) in [5, 5.41) is 2.80. The molecule has 1 amide bonds. The summed E-state index contributed by atoms with van der Waals surface area (Å²) < 4.78 is 10.3. The van der Waals surface area contributed by atoms with Crippen LogP contribution in [0.2, 0.25) is 0 Å². The molecule has 3 N–H and O–H groups in total. The van der Waals surface area contributed by atoms with E-state index in [9.17, 15) is 4.79 Å². The molecular formula is C14H22N2O3. The van der Waals surface area contributed by atoms with Crippen molar-refractivity contribution in [3.05, 3.63) is 18.2 Å². The third-order valence-corrected chi connectivity index (χ3v) is 2.91. The SMILES string of the molecule is COc1cc(NC(=O)CC(N)C(C)C)cc(OC)c1. The van der Waals surface area contributed by atoms with Crippen LogP contribution in [0.25, 0.3) is 0 Å². The number of hydrogen-bond donors (Lipinski definition) is 2. The van der Waals surface area contributed by atoms with Crippen LogP contribution < -0.4 is 20.5 Å². The van der Waals surface area contributed by atoms with E-state index in [4.69, 9.17) is 15.2 Å². The summed E-state index contributed by atoms with van der Waals surface area (Å²) in [6.45, 7) is 3.99. The van der Waals surface area contributed by atoms with Gasteiger partial charge in [0.25, 0.3) is 0 Å². The number of methoxy groups -OCH3 is 2. The number of benzene rings is 1. The van der Waals surface area contributed by atoms with Crippen LogP contribution in [-0.4, -0.2) is 26.2 Å². The summed E-state index contributed by atoms with van der Waals surface area (Å²) in [6, 6.07) is 5.07. The molecule has 1 aromatic rings. The van der Waals surface area contributed by atoms with Crippen molar-refractivity contribution in [3.8, 4) is 11.5 Å². The molecule has 19 heavy (non-hydrogen) atoms.